The van der Waals surface area contributed by atoms with Gasteiger partial charge in [-0.1, -0.05) is 41.3 Å². The monoisotopic (exact) mass is 455 g/mol. The highest BCUT2D eigenvalue weighted by molar-refractivity contribution is 8.01. The van der Waals surface area contributed by atoms with Gasteiger partial charge in [-0.05, 0) is 24.5 Å². The summed E-state index contributed by atoms with van der Waals surface area (Å²) in [5.41, 5.74) is 2.14. The molecule has 1 aliphatic rings. The molecule has 1 aromatic carbocycles. The van der Waals surface area contributed by atoms with Crippen LogP contribution in [0.4, 0.5) is 10.8 Å². The van der Waals surface area contributed by atoms with E-state index in [1.54, 1.807) is 4.90 Å². The van der Waals surface area contributed by atoms with Crippen molar-refractivity contribution in [2.45, 2.75) is 17.2 Å². The highest BCUT2D eigenvalue weighted by atomic mass is 32.2. The Labute approximate surface area is 177 Å². The molecule has 0 unspecified atom stereocenters. The normalized spacial score (nSPS) is 14.0. The van der Waals surface area contributed by atoms with Crippen molar-refractivity contribution >= 4 is 55.8 Å². The van der Waals surface area contributed by atoms with E-state index in [1.165, 1.54) is 24.4 Å². The number of aryl methyl sites for hydroxylation is 1. The van der Waals surface area contributed by atoms with Crippen LogP contribution in [-0.2, 0) is 26.0 Å². The smallest absolute Gasteiger partial charge is 0.241 e. The number of aromatic nitrogens is 2. The quantitative estimate of drug-likeness (QED) is 0.496. The van der Waals surface area contributed by atoms with E-state index in [2.05, 4.69) is 15.5 Å². The minimum atomic E-state index is -3.44. The number of thioether (sulfide) groups is 1. The fourth-order valence-electron chi connectivity index (χ4n) is 2.79. The summed E-state index contributed by atoms with van der Waals surface area (Å²) in [7, 11) is -2.12. The van der Waals surface area contributed by atoms with Crippen molar-refractivity contribution in [2.24, 2.45) is 0 Å². The number of rotatable bonds is 7. The summed E-state index contributed by atoms with van der Waals surface area (Å²) < 4.78 is 24.2. The number of hydrogen-bond donors (Lipinski definition) is 1. The molecule has 9 nitrogen and oxygen atoms in total. The molecule has 0 spiro atoms. The molecule has 3 rings (SSSR count). The van der Waals surface area contributed by atoms with Gasteiger partial charge in [0.05, 0.1) is 18.6 Å². The Morgan fingerprint density at radius 3 is 2.83 bits per heavy atom. The zero-order valence-electron chi connectivity index (χ0n) is 16.0. The first-order chi connectivity index (χ1) is 13.7. The summed E-state index contributed by atoms with van der Waals surface area (Å²) in [4.78, 5) is 26.4. The maximum absolute atomic E-state index is 12.7. The summed E-state index contributed by atoms with van der Waals surface area (Å²) in [6.07, 6.45) is 2.93. The number of fused-ring (bicyclic) bond motifs is 1. The van der Waals surface area contributed by atoms with Crippen LogP contribution in [-0.4, -0.2) is 66.9 Å². The summed E-state index contributed by atoms with van der Waals surface area (Å²) in [5.74, 6) is -0.294. The lowest BCUT2D eigenvalue weighted by Gasteiger charge is -2.29. The van der Waals surface area contributed by atoms with E-state index in [0.717, 1.165) is 40.4 Å². The second-order valence-electron chi connectivity index (χ2n) is 6.51. The molecule has 0 bridgehead atoms. The second-order valence-corrected chi connectivity index (χ2v) is 10.8. The van der Waals surface area contributed by atoms with Gasteiger partial charge in [0.1, 0.15) is 0 Å². The lowest BCUT2D eigenvalue weighted by atomic mass is 10.0. The predicted octanol–water partition coefficient (Wildman–Crippen LogP) is 1.44. The molecule has 156 valence electrons. The van der Waals surface area contributed by atoms with Gasteiger partial charge in [0.25, 0.3) is 0 Å². The Morgan fingerprint density at radius 2 is 2.07 bits per heavy atom. The molecule has 1 N–H and O–H groups in total. The van der Waals surface area contributed by atoms with Crippen molar-refractivity contribution in [1.29, 1.82) is 0 Å². The fourth-order valence-corrected chi connectivity index (χ4v) is 4.79. The summed E-state index contributed by atoms with van der Waals surface area (Å²) in [6.45, 7) is 0.384. The number of nitrogens with zero attached hydrogens (tertiary/aromatic N) is 4. The molecule has 2 aromatic rings. The number of sulfonamides is 1. The van der Waals surface area contributed by atoms with Gasteiger partial charge >= 0.3 is 0 Å². The van der Waals surface area contributed by atoms with E-state index in [-0.39, 0.29) is 23.3 Å². The number of amides is 2. The van der Waals surface area contributed by atoms with Crippen LogP contribution in [0.15, 0.2) is 28.6 Å². The maximum Gasteiger partial charge on any atom is 0.241 e. The van der Waals surface area contributed by atoms with Gasteiger partial charge in [0, 0.05) is 19.3 Å². The molecule has 1 aliphatic heterocycles. The first kappa shape index (κ1) is 21.7. The van der Waals surface area contributed by atoms with Gasteiger partial charge in [-0.15, -0.1) is 10.2 Å². The van der Waals surface area contributed by atoms with Gasteiger partial charge < -0.3 is 4.90 Å². The molecule has 29 heavy (non-hydrogen) atoms. The summed E-state index contributed by atoms with van der Waals surface area (Å²) in [5, 5.41) is 10.6. The third-order valence-electron chi connectivity index (χ3n) is 4.32. The minimum absolute atomic E-state index is 0.00212. The molecule has 0 saturated carbocycles. The fraction of sp³-hybridized carbons (Fsp3) is 0.412. The van der Waals surface area contributed by atoms with E-state index in [4.69, 9.17) is 0 Å². The van der Waals surface area contributed by atoms with E-state index in [0.29, 0.717) is 10.9 Å². The van der Waals surface area contributed by atoms with Gasteiger partial charge in [0.15, 0.2) is 4.34 Å². The number of likely N-dealkylation sites (N-methyl/N-ethyl adjacent to an activating group) is 1. The number of hydrogen-bond acceptors (Lipinski definition) is 8. The van der Waals surface area contributed by atoms with Crippen molar-refractivity contribution in [2.75, 3.05) is 42.4 Å². The molecule has 0 radical (unpaired) electrons. The van der Waals surface area contributed by atoms with Crippen LogP contribution in [0.2, 0.25) is 0 Å². The Bertz CT molecular complexity index is 1010. The third kappa shape index (κ3) is 5.75. The molecule has 0 fully saturated rings. The number of carbonyl (C=O) groups excluding carboxylic acids is 2. The van der Waals surface area contributed by atoms with Crippen LogP contribution in [0.25, 0.3) is 0 Å². The Balaban J connectivity index is 1.53. The van der Waals surface area contributed by atoms with E-state index in [9.17, 15) is 18.0 Å². The first-order valence-electron chi connectivity index (χ1n) is 8.80. The molecule has 1 aromatic heterocycles. The largest absolute Gasteiger partial charge is 0.311 e. The van der Waals surface area contributed by atoms with Crippen molar-refractivity contribution in [1.82, 2.24) is 14.5 Å². The maximum atomic E-state index is 12.7. The molecule has 0 saturated heterocycles. The Morgan fingerprint density at radius 1 is 1.31 bits per heavy atom. The highest BCUT2D eigenvalue weighted by Gasteiger charge is 2.23. The van der Waals surface area contributed by atoms with E-state index < -0.39 is 15.9 Å². The average molecular weight is 456 g/mol. The molecule has 2 heterocycles. The SMILES string of the molecule is CN(CC(=O)Nc1nnc(SCC(=O)N2CCCc3ccccc32)s1)S(C)(=O)=O. The number of carbonyl (C=O) groups is 2. The number of para-hydroxylation sites is 1. The molecule has 12 heteroatoms. The number of nitrogens with one attached hydrogen (secondary N) is 1. The Kier molecular flexibility index (Phi) is 6.88. The number of anilines is 2. The number of benzene rings is 1. The van der Waals surface area contributed by atoms with Crippen LogP contribution in [0.1, 0.15) is 12.0 Å². The standard InChI is InChI=1S/C17H21N5O4S3/c1-21(29(2,25)26)10-14(23)18-16-19-20-17(28-16)27-11-15(24)22-9-5-7-12-6-3-4-8-13(12)22/h3-4,6,8H,5,7,9-11H2,1-2H3,(H,18,19,23). The van der Waals surface area contributed by atoms with Crippen LogP contribution in [0.3, 0.4) is 0 Å². The van der Waals surface area contributed by atoms with E-state index in [1.807, 2.05) is 24.3 Å². The first-order valence-corrected chi connectivity index (χ1v) is 12.4. The van der Waals surface area contributed by atoms with E-state index >= 15 is 0 Å². The van der Waals surface area contributed by atoms with Crippen LogP contribution in [0.5, 0.6) is 0 Å². The van der Waals surface area contributed by atoms with Gasteiger partial charge in [0.2, 0.25) is 27.0 Å². The predicted molar refractivity (Wildman–Crippen MR) is 114 cm³/mol. The second kappa shape index (κ2) is 9.20. The highest BCUT2D eigenvalue weighted by Crippen LogP contribution is 2.29. The van der Waals surface area contributed by atoms with Crippen molar-refractivity contribution in [3.63, 3.8) is 0 Å². The molecular weight excluding hydrogens is 434 g/mol. The summed E-state index contributed by atoms with van der Waals surface area (Å²) in [6, 6.07) is 7.91. The van der Waals surface area contributed by atoms with Crippen LogP contribution in [0, 0.1) is 0 Å². The summed E-state index contributed by atoms with van der Waals surface area (Å²) >= 11 is 2.40. The van der Waals surface area contributed by atoms with Crippen LogP contribution >= 0.6 is 23.1 Å². The van der Waals surface area contributed by atoms with Crippen molar-refractivity contribution in [3.05, 3.63) is 29.8 Å². The van der Waals surface area contributed by atoms with Gasteiger partial charge in [-0.3, -0.25) is 14.9 Å². The minimum Gasteiger partial charge on any atom is -0.311 e. The lowest BCUT2D eigenvalue weighted by molar-refractivity contribution is -0.117. The zero-order valence-corrected chi connectivity index (χ0v) is 18.4. The molecular formula is C17H21N5O4S3. The lowest BCUT2D eigenvalue weighted by Crippen LogP contribution is -2.36. The van der Waals surface area contributed by atoms with Crippen molar-refractivity contribution in [3.8, 4) is 0 Å². The zero-order chi connectivity index (χ0) is 21.0. The molecule has 0 atom stereocenters. The topological polar surface area (TPSA) is 113 Å². The van der Waals surface area contributed by atoms with Crippen molar-refractivity contribution < 1.29 is 18.0 Å². The molecule has 2 amide bonds. The average Bonchev–Trinajstić information content (AvgIpc) is 3.12. The van der Waals surface area contributed by atoms with Gasteiger partial charge in [-0.2, -0.15) is 4.31 Å². The Hall–Kier alpha value is -2.02. The van der Waals surface area contributed by atoms with Crippen LogP contribution < -0.4 is 10.2 Å². The molecule has 0 aliphatic carbocycles. The third-order valence-corrected chi connectivity index (χ3v) is 7.53. The van der Waals surface area contributed by atoms with Gasteiger partial charge in [-0.25, -0.2) is 8.42 Å².